The Kier molecular flexibility index (Phi) is 7.66. The summed E-state index contributed by atoms with van der Waals surface area (Å²) >= 11 is 0. The van der Waals surface area contributed by atoms with Crippen molar-refractivity contribution in [3.05, 3.63) is 77.1 Å². The van der Waals surface area contributed by atoms with Crippen LogP contribution in [0.5, 0.6) is 5.75 Å². The van der Waals surface area contributed by atoms with Crippen LogP contribution < -0.4 is 4.74 Å². The predicted molar refractivity (Wildman–Crippen MR) is 126 cm³/mol. The highest BCUT2D eigenvalue weighted by atomic mass is 19.4. The first kappa shape index (κ1) is 24.4. The van der Waals surface area contributed by atoms with Gasteiger partial charge in [0.15, 0.2) is 0 Å². The van der Waals surface area contributed by atoms with Gasteiger partial charge in [-0.2, -0.15) is 0 Å². The van der Waals surface area contributed by atoms with Crippen molar-refractivity contribution in [1.82, 2.24) is 0 Å². The van der Waals surface area contributed by atoms with Gasteiger partial charge in [-0.1, -0.05) is 30.8 Å². The third-order valence-electron chi connectivity index (χ3n) is 7.32. The van der Waals surface area contributed by atoms with E-state index in [9.17, 15) is 17.6 Å². The summed E-state index contributed by atoms with van der Waals surface area (Å²) in [5.74, 6) is 7.24. The SMILES string of the molecule is C=CCCC1CCC(C2CCc3cc(C#Cc4ccc(OC(F)(F)F)cc4)c(F)cc3C2)CC1. The number of halogens is 4. The van der Waals surface area contributed by atoms with Crippen molar-refractivity contribution < 1.29 is 22.3 Å². The van der Waals surface area contributed by atoms with Crippen LogP contribution in [0.2, 0.25) is 0 Å². The first-order valence-corrected chi connectivity index (χ1v) is 12.1. The van der Waals surface area contributed by atoms with Gasteiger partial charge in [0.2, 0.25) is 0 Å². The number of aryl methyl sites for hydroxylation is 1. The standard InChI is InChI=1S/C29H30F4O/c1-2-3-4-20-5-10-22(11-6-20)23-13-14-24-17-25(28(30)19-26(24)18-23)12-7-21-8-15-27(16-9-21)34-29(31,32)33/h2,8-9,15-17,19-20,22-23H,1,3-6,10-11,13-14,18H2. The number of benzene rings is 2. The average molecular weight is 471 g/mol. The lowest BCUT2D eigenvalue weighted by Crippen LogP contribution is -2.26. The number of rotatable bonds is 5. The molecule has 0 aliphatic heterocycles. The monoisotopic (exact) mass is 470 g/mol. The summed E-state index contributed by atoms with van der Waals surface area (Å²) in [7, 11) is 0. The second kappa shape index (κ2) is 10.7. The minimum atomic E-state index is -4.73. The largest absolute Gasteiger partial charge is 0.573 e. The Morgan fingerprint density at radius 3 is 2.35 bits per heavy atom. The van der Waals surface area contributed by atoms with Crippen LogP contribution in [-0.2, 0) is 12.8 Å². The van der Waals surface area contributed by atoms with Gasteiger partial charge in [-0.25, -0.2) is 4.39 Å². The van der Waals surface area contributed by atoms with Crippen molar-refractivity contribution in [2.24, 2.45) is 17.8 Å². The molecule has 1 unspecified atom stereocenters. The summed E-state index contributed by atoms with van der Waals surface area (Å²) < 4.78 is 55.5. The second-order valence-corrected chi connectivity index (χ2v) is 9.57. The van der Waals surface area contributed by atoms with Crippen molar-refractivity contribution in [3.8, 4) is 17.6 Å². The summed E-state index contributed by atoms with van der Waals surface area (Å²) in [4.78, 5) is 0. The molecule has 2 aromatic rings. The molecular formula is C29H30F4O. The highest BCUT2D eigenvalue weighted by Gasteiger charge is 2.31. The predicted octanol–water partition coefficient (Wildman–Crippen LogP) is 8.00. The molecule has 0 spiro atoms. The minimum Gasteiger partial charge on any atom is -0.406 e. The molecule has 1 nitrogen and oxygen atoms in total. The van der Waals surface area contributed by atoms with Crippen LogP contribution in [0, 0.1) is 35.4 Å². The Morgan fingerprint density at radius 2 is 1.68 bits per heavy atom. The molecule has 1 atom stereocenters. The Labute approximate surface area is 199 Å². The molecule has 2 aliphatic rings. The highest BCUT2D eigenvalue weighted by molar-refractivity contribution is 5.48. The molecule has 5 heteroatoms. The van der Waals surface area contributed by atoms with E-state index in [1.165, 1.54) is 56.4 Å². The Hall–Kier alpha value is -2.74. The van der Waals surface area contributed by atoms with Gasteiger partial charge in [-0.3, -0.25) is 0 Å². The zero-order valence-corrected chi connectivity index (χ0v) is 19.3. The molecule has 34 heavy (non-hydrogen) atoms. The minimum absolute atomic E-state index is 0.308. The van der Waals surface area contributed by atoms with Gasteiger partial charge >= 0.3 is 6.36 Å². The zero-order chi connectivity index (χ0) is 24.1. The van der Waals surface area contributed by atoms with E-state index in [-0.39, 0.29) is 11.6 Å². The van der Waals surface area contributed by atoms with Crippen LogP contribution in [0.3, 0.4) is 0 Å². The average Bonchev–Trinajstić information content (AvgIpc) is 2.81. The number of alkyl halides is 3. The first-order chi connectivity index (χ1) is 16.3. The Morgan fingerprint density at radius 1 is 0.941 bits per heavy atom. The molecule has 0 bridgehead atoms. The van der Waals surface area contributed by atoms with Crippen molar-refractivity contribution in [3.63, 3.8) is 0 Å². The third-order valence-corrected chi connectivity index (χ3v) is 7.32. The second-order valence-electron chi connectivity index (χ2n) is 9.57. The topological polar surface area (TPSA) is 9.23 Å². The summed E-state index contributed by atoms with van der Waals surface area (Å²) in [6.07, 6.45) is 7.80. The molecular weight excluding hydrogens is 440 g/mol. The lowest BCUT2D eigenvalue weighted by molar-refractivity contribution is -0.274. The van der Waals surface area contributed by atoms with E-state index in [2.05, 4.69) is 23.2 Å². The van der Waals surface area contributed by atoms with Gasteiger partial charge in [0.1, 0.15) is 11.6 Å². The molecule has 1 fully saturated rings. The van der Waals surface area contributed by atoms with Crippen molar-refractivity contribution >= 4 is 0 Å². The van der Waals surface area contributed by atoms with Crippen LogP contribution in [-0.4, -0.2) is 6.36 Å². The molecule has 1 saturated carbocycles. The molecule has 0 heterocycles. The van der Waals surface area contributed by atoms with Gasteiger partial charge in [-0.05, 0) is 110 Å². The zero-order valence-electron chi connectivity index (χ0n) is 19.3. The number of hydrogen-bond donors (Lipinski definition) is 0. The quantitative estimate of drug-likeness (QED) is 0.244. The highest BCUT2D eigenvalue weighted by Crippen LogP contribution is 2.41. The van der Waals surface area contributed by atoms with Crippen molar-refractivity contribution in [2.75, 3.05) is 0 Å². The van der Waals surface area contributed by atoms with E-state index in [1.54, 1.807) is 6.07 Å². The van der Waals surface area contributed by atoms with Crippen molar-refractivity contribution in [2.45, 2.75) is 64.1 Å². The number of allylic oxidation sites excluding steroid dienone is 1. The molecule has 180 valence electrons. The fourth-order valence-corrected chi connectivity index (χ4v) is 5.49. The summed E-state index contributed by atoms with van der Waals surface area (Å²) in [5.41, 5.74) is 3.09. The first-order valence-electron chi connectivity index (χ1n) is 12.1. The van der Waals surface area contributed by atoms with Gasteiger partial charge in [0.05, 0.1) is 5.56 Å². The number of hydrogen-bond acceptors (Lipinski definition) is 1. The van der Waals surface area contributed by atoms with E-state index in [1.807, 2.05) is 12.1 Å². The van der Waals surface area contributed by atoms with Crippen LogP contribution in [0.15, 0.2) is 49.1 Å². The normalized spacial score (nSPS) is 22.3. The van der Waals surface area contributed by atoms with Crippen LogP contribution in [0.25, 0.3) is 0 Å². The molecule has 0 saturated heterocycles. The van der Waals surface area contributed by atoms with Crippen molar-refractivity contribution in [1.29, 1.82) is 0 Å². The lowest BCUT2D eigenvalue weighted by atomic mass is 9.69. The van der Waals surface area contributed by atoms with E-state index in [0.29, 0.717) is 17.0 Å². The Balaban J connectivity index is 1.39. The molecule has 0 N–H and O–H groups in total. The van der Waals surface area contributed by atoms with Gasteiger partial charge in [-0.15, -0.1) is 19.8 Å². The molecule has 2 aliphatic carbocycles. The van der Waals surface area contributed by atoms with Gasteiger partial charge in [0.25, 0.3) is 0 Å². The molecule has 0 aromatic heterocycles. The van der Waals surface area contributed by atoms with Gasteiger partial charge < -0.3 is 4.74 Å². The maximum atomic E-state index is 14.8. The fourth-order valence-electron chi connectivity index (χ4n) is 5.49. The van der Waals surface area contributed by atoms with Crippen LogP contribution >= 0.6 is 0 Å². The third kappa shape index (κ3) is 6.44. The molecule has 0 amide bonds. The number of ether oxygens (including phenoxy) is 1. The fraction of sp³-hybridized carbons (Fsp3) is 0.448. The van der Waals surface area contributed by atoms with E-state index < -0.39 is 6.36 Å². The van der Waals surface area contributed by atoms with E-state index >= 15 is 0 Å². The van der Waals surface area contributed by atoms with Crippen LogP contribution in [0.1, 0.15) is 67.2 Å². The summed E-state index contributed by atoms with van der Waals surface area (Å²) in [6.45, 7) is 3.83. The van der Waals surface area contributed by atoms with E-state index in [4.69, 9.17) is 0 Å². The van der Waals surface area contributed by atoms with E-state index in [0.717, 1.165) is 48.6 Å². The lowest BCUT2D eigenvalue weighted by Gasteiger charge is -2.36. The maximum absolute atomic E-state index is 14.8. The number of fused-ring (bicyclic) bond motifs is 1. The molecule has 0 radical (unpaired) electrons. The maximum Gasteiger partial charge on any atom is 0.573 e. The molecule has 4 rings (SSSR count). The molecule has 2 aromatic carbocycles. The Bertz CT molecular complexity index is 1050. The smallest absolute Gasteiger partial charge is 0.406 e. The summed E-state index contributed by atoms with van der Waals surface area (Å²) in [6, 6.07) is 8.76. The van der Waals surface area contributed by atoms with Crippen LogP contribution in [0.4, 0.5) is 17.6 Å². The van der Waals surface area contributed by atoms with Gasteiger partial charge in [0, 0.05) is 5.56 Å². The summed E-state index contributed by atoms with van der Waals surface area (Å²) in [5, 5.41) is 0.